The van der Waals surface area contributed by atoms with Crippen LogP contribution in [-0.2, 0) is 17.8 Å². The highest BCUT2D eigenvalue weighted by molar-refractivity contribution is 5.95. The molecule has 4 aromatic rings. The Morgan fingerprint density at radius 3 is 2.47 bits per heavy atom. The molecule has 1 N–H and O–H groups in total. The lowest BCUT2D eigenvalue weighted by atomic mass is 10.0. The standard InChI is InChI=1S/C26H28N4O2/c1-4-30-25-24(18(2)29-30)22(21-13-9-6-10-14-21)17-23(28-25)32-19(3)26(31)27-16-15-20-11-7-5-8-12-20/h5-14,17,19H,4,15-16H2,1-3H3,(H,27,31)/t19-/m1/s1. The molecule has 32 heavy (non-hydrogen) atoms. The number of hydrogen-bond donors (Lipinski definition) is 1. The monoisotopic (exact) mass is 428 g/mol. The number of benzene rings is 2. The number of hydrogen-bond acceptors (Lipinski definition) is 4. The van der Waals surface area contributed by atoms with Crippen LogP contribution in [0.5, 0.6) is 5.88 Å². The van der Waals surface area contributed by atoms with Crippen LogP contribution in [0.25, 0.3) is 22.2 Å². The minimum absolute atomic E-state index is 0.163. The highest BCUT2D eigenvalue weighted by atomic mass is 16.5. The van der Waals surface area contributed by atoms with Crippen molar-refractivity contribution in [2.24, 2.45) is 0 Å². The second-order valence-corrected chi connectivity index (χ2v) is 7.76. The average molecular weight is 429 g/mol. The Morgan fingerprint density at radius 2 is 1.78 bits per heavy atom. The maximum absolute atomic E-state index is 12.6. The van der Waals surface area contributed by atoms with Crippen LogP contribution in [0.1, 0.15) is 25.1 Å². The summed E-state index contributed by atoms with van der Waals surface area (Å²) < 4.78 is 7.86. The van der Waals surface area contributed by atoms with Crippen molar-refractivity contribution in [1.29, 1.82) is 0 Å². The van der Waals surface area contributed by atoms with Crippen molar-refractivity contribution in [3.05, 3.63) is 78.0 Å². The molecule has 1 atom stereocenters. The van der Waals surface area contributed by atoms with Gasteiger partial charge in [0.15, 0.2) is 11.8 Å². The summed E-state index contributed by atoms with van der Waals surface area (Å²) in [5.41, 5.74) is 4.93. The van der Waals surface area contributed by atoms with Gasteiger partial charge in [-0.1, -0.05) is 60.7 Å². The first-order valence-electron chi connectivity index (χ1n) is 11.0. The fourth-order valence-electron chi connectivity index (χ4n) is 3.81. The summed E-state index contributed by atoms with van der Waals surface area (Å²) in [6.07, 6.45) is 0.106. The smallest absolute Gasteiger partial charge is 0.260 e. The predicted octanol–water partition coefficient (Wildman–Crippen LogP) is 4.55. The van der Waals surface area contributed by atoms with Gasteiger partial charge in [-0.05, 0) is 43.9 Å². The van der Waals surface area contributed by atoms with Crippen LogP contribution in [0.2, 0.25) is 0 Å². The number of pyridine rings is 1. The first-order chi connectivity index (χ1) is 15.6. The quantitative estimate of drug-likeness (QED) is 0.447. The number of aromatic nitrogens is 3. The second-order valence-electron chi connectivity index (χ2n) is 7.76. The van der Waals surface area contributed by atoms with Crippen LogP contribution in [0.15, 0.2) is 66.7 Å². The second kappa shape index (κ2) is 9.64. The van der Waals surface area contributed by atoms with Crippen molar-refractivity contribution in [1.82, 2.24) is 20.1 Å². The number of nitrogens with one attached hydrogen (secondary N) is 1. The summed E-state index contributed by atoms with van der Waals surface area (Å²) in [6, 6.07) is 22.1. The average Bonchev–Trinajstić information content (AvgIpc) is 3.15. The maximum Gasteiger partial charge on any atom is 0.260 e. The zero-order valence-corrected chi connectivity index (χ0v) is 18.7. The normalized spacial score (nSPS) is 12.0. The van der Waals surface area contributed by atoms with Crippen molar-refractivity contribution in [2.75, 3.05) is 6.54 Å². The van der Waals surface area contributed by atoms with Gasteiger partial charge in [-0.2, -0.15) is 10.1 Å². The molecule has 4 rings (SSSR count). The largest absolute Gasteiger partial charge is 0.464 e. The van der Waals surface area contributed by atoms with Gasteiger partial charge in [0, 0.05) is 19.2 Å². The number of carbonyl (C=O) groups excluding carboxylic acids is 1. The summed E-state index contributed by atoms with van der Waals surface area (Å²) in [7, 11) is 0. The Bertz CT molecular complexity index is 1200. The van der Waals surface area contributed by atoms with Crippen molar-refractivity contribution in [2.45, 2.75) is 39.8 Å². The molecule has 6 heteroatoms. The van der Waals surface area contributed by atoms with E-state index in [2.05, 4.69) is 34.7 Å². The van der Waals surface area contributed by atoms with Crippen LogP contribution in [0.4, 0.5) is 0 Å². The number of carbonyl (C=O) groups is 1. The first kappa shape index (κ1) is 21.6. The Labute approximate surface area is 188 Å². The molecule has 2 heterocycles. The van der Waals surface area contributed by atoms with E-state index in [1.54, 1.807) is 6.92 Å². The van der Waals surface area contributed by atoms with E-state index >= 15 is 0 Å². The number of rotatable bonds is 8. The summed E-state index contributed by atoms with van der Waals surface area (Å²) in [5, 5.41) is 8.60. The van der Waals surface area contributed by atoms with E-state index in [4.69, 9.17) is 9.72 Å². The third-order valence-corrected chi connectivity index (χ3v) is 5.46. The molecular weight excluding hydrogens is 400 g/mol. The maximum atomic E-state index is 12.6. The number of ether oxygens (including phenoxy) is 1. The zero-order chi connectivity index (χ0) is 22.5. The molecule has 0 bridgehead atoms. The van der Waals surface area contributed by atoms with Crippen molar-refractivity contribution in [3.63, 3.8) is 0 Å². The molecule has 0 spiro atoms. The number of nitrogens with zero attached hydrogens (tertiary/aromatic N) is 3. The first-order valence-corrected chi connectivity index (χ1v) is 11.0. The van der Waals surface area contributed by atoms with Crippen LogP contribution >= 0.6 is 0 Å². The van der Waals surface area contributed by atoms with E-state index in [1.165, 1.54) is 5.56 Å². The van der Waals surface area contributed by atoms with Gasteiger partial charge in [-0.25, -0.2) is 4.68 Å². The van der Waals surface area contributed by atoms with E-state index in [1.807, 2.05) is 61.0 Å². The van der Waals surface area contributed by atoms with E-state index in [0.717, 1.165) is 34.3 Å². The van der Waals surface area contributed by atoms with Crippen LogP contribution in [0, 0.1) is 6.92 Å². The van der Waals surface area contributed by atoms with Gasteiger partial charge >= 0.3 is 0 Å². The molecule has 0 saturated carbocycles. The van der Waals surface area contributed by atoms with Gasteiger partial charge in [0.25, 0.3) is 5.91 Å². The summed E-state index contributed by atoms with van der Waals surface area (Å²) in [4.78, 5) is 17.3. The molecule has 0 saturated heterocycles. The van der Waals surface area contributed by atoms with E-state index < -0.39 is 6.10 Å². The molecule has 0 aliphatic heterocycles. The summed E-state index contributed by atoms with van der Waals surface area (Å²) in [6.45, 7) is 7.02. The lowest BCUT2D eigenvalue weighted by molar-refractivity contribution is -0.127. The minimum atomic E-state index is -0.668. The van der Waals surface area contributed by atoms with Crippen molar-refractivity contribution >= 4 is 16.9 Å². The van der Waals surface area contributed by atoms with Crippen molar-refractivity contribution in [3.8, 4) is 17.0 Å². The Morgan fingerprint density at radius 1 is 1.09 bits per heavy atom. The van der Waals surface area contributed by atoms with E-state index in [9.17, 15) is 4.79 Å². The molecule has 0 aliphatic rings. The van der Waals surface area contributed by atoms with Gasteiger partial charge in [-0.15, -0.1) is 0 Å². The van der Waals surface area contributed by atoms with Crippen LogP contribution in [-0.4, -0.2) is 33.3 Å². The van der Waals surface area contributed by atoms with Crippen molar-refractivity contribution < 1.29 is 9.53 Å². The molecule has 2 aromatic heterocycles. The molecule has 0 unspecified atom stereocenters. The lowest BCUT2D eigenvalue weighted by Crippen LogP contribution is -2.37. The van der Waals surface area contributed by atoms with E-state index in [-0.39, 0.29) is 5.91 Å². The third-order valence-electron chi connectivity index (χ3n) is 5.46. The van der Waals surface area contributed by atoms with Gasteiger partial charge in [0.05, 0.1) is 11.1 Å². The van der Waals surface area contributed by atoms with E-state index in [0.29, 0.717) is 19.0 Å². The molecular formula is C26H28N4O2. The number of fused-ring (bicyclic) bond motifs is 1. The fourth-order valence-corrected chi connectivity index (χ4v) is 3.81. The van der Waals surface area contributed by atoms with Crippen LogP contribution in [0.3, 0.4) is 0 Å². The molecule has 0 radical (unpaired) electrons. The Hall–Kier alpha value is -3.67. The SMILES string of the molecule is CCn1nc(C)c2c(-c3ccccc3)cc(O[C@H](C)C(=O)NCCc3ccccc3)nc21. The number of aryl methyl sites for hydroxylation is 2. The van der Waals surface area contributed by atoms with Gasteiger partial charge < -0.3 is 10.1 Å². The summed E-state index contributed by atoms with van der Waals surface area (Å²) in [5.74, 6) is 0.251. The van der Waals surface area contributed by atoms with Crippen LogP contribution < -0.4 is 10.1 Å². The van der Waals surface area contributed by atoms with Gasteiger partial charge in [-0.3, -0.25) is 4.79 Å². The molecule has 1 amide bonds. The summed E-state index contributed by atoms with van der Waals surface area (Å²) >= 11 is 0. The Kier molecular flexibility index (Phi) is 6.50. The third kappa shape index (κ3) is 4.64. The molecule has 0 aliphatic carbocycles. The van der Waals surface area contributed by atoms with Gasteiger partial charge in [0.2, 0.25) is 5.88 Å². The molecule has 6 nitrogen and oxygen atoms in total. The number of amides is 1. The highest BCUT2D eigenvalue weighted by Crippen LogP contribution is 2.33. The zero-order valence-electron chi connectivity index (χ0n) is 18.7. The Balaban J connectivity index is 1.55. The van der Waals surface area contributed by atoms with Gasteiger partial charge in [0.1, 0.15) is 0 Å². The minimum Gasteiger partial charge on any atom is -0.464 e. The predicted molar refractivity (Wildman–Crippen MR) is 127 cm³/mol. The fraction of sp³-hybridized carbons (Fsp3) is 0.269. The molecule has 2 aromatic carbocycles. The molecule has 164 valence electrons. The highest BCUT2D eigenvalue weighted by Gasteiger charge is 2.20. The lowest BCUT2D eigenvalue weighted by Gasteiger charge is -2.15. The topological polar surface area (TPSA) is 69.0 Å². The molecule has 0 fully saturated rings.